The maximum atomic E-state index is 5.84. The summed E-state index contributed by atoms with van der Waals surface area (Å²) in [5.74, 6) is 3.45. The molecule has 2 bridgehead atoms. The second-order valence-electron chi connectivity index (χ2n) is 8.14. The van der Waals surface area contributed by atoms with Crippen molar-refractivity contribution in [1.82, 2.24) is 20.0 Å². The number of ether oxygens (including phenoxy) is 2. The van der Waals surface area contributed by atoms with Crippen LogP contribution in [0.25, 0.3) is 11.4 Å². The molecule has 0 amide bonds. The molecule has 4 atom stereocenters. The van der Waals surface area contributed by atoms with E-state index in [1.54, 1.807) is 12.4 Å². The topological polar surface area (TPSA) is 73.5 Å². The van der Waals surface area contributed by atoms with E-state index in [2.05, 4.69) is 34.2 Å². The lowest BCUT2D eigenvalue weighted by atomic mass is 9.76. The number of piperidine rings is 1. The summed E-state index contributed by atoms with van der Waals surface area (Å²) in [7, 11) is 2.23. The molecular weight excluding hydrogens is 368 g/mol. The van der Waals surface area contributed by atoms with Gasteiger partial charge in [-0.3, -0.25) is 9.88 Å². The molecule has 2 saturated heterocycles. The van der Waals surface area contributed by atoms with Gasteiger partial charge in [-0.1, -0.05) is 11.2 Å². The molecule has 3 aliphatic rings. The zero-order valence-corrected chi connectivity index (χ0v) is 16.2. The highest BCUT2D eigenvalue weighted by atomic mass is 16.7. The van der Waals surface area contributed by atoms with E-state index in [4.69, 9.17) is 19.0 Å². The van der Waals surface area contributed by atoms with Crippen LogP contribution in [0.3, 0.4) is 0 Å². The molecule has 6 rings (SSSR count). The Balaban J connectivity index is 1.40. The van der Waals surface area contributed by atoms with Crippen LogP contribution in [0.15, 0.2) is 47.2 Å². The lowest BCUT2D eigenvalue weighted by Crippen LogP contribution is -2.44. The van der Waals surface area contributed by atoms with Crippen LogP contribution in [0, 0.1) is 0 Å². The van der Waals surface area contributed by atoms with E-state index < -0.39 is 0 Å². The molecule has 0 spiro atoms. The summed E-state index contributed by atoms with van der Waals surface area (Å²) in [4.78, 5) is 11.4. The summed E-state index contributed by atoms with van der Waals surface area (Å²) >= 11 is 0. The van der Waals surface area contributed by atoms with E-state index in [1.807, 2.05) is 18.2 Å². The fraction of sp³-hybridized carbons (Fsp3) is 0.409. The predicted molar refractivity (Wildman–Crippen MR) is 105 cm³/mol. The van der Waals surface area contributed by atoms with Crippen molar-refractivity contribution in [2.75, 3.05) is 13.8 Å². The predicted octanol–water partition coefficient (Wildman–Crippen LogP) is 3.59. The van der Waals surface area contributed by atoms with Gasteiger partial charge in [-0.05, 0) is 62.1 Å². The van der Waals surface area contributed by atoms with Gasteiger partial charge in [0.25, 0.3) is 0 Å². The number of aromatic nitrogens is 3. The molecule has 0 aliphatic carbocycles. The minimum absolute atomic E-state index is 0.155. The number of pyridine rings is 1. The molecule has 5 heterocycles. The standard InChI is InChI=1S/C22H22N4O3/c1-26-15-3-4-17(26)20(22-24-21(25-29-22)13-6-8-23-9-7-13)16(11-15)14-2-5-18-19(10-14)28-12-27-18/h2,5-10,15-17,20H,3-4,11-12H2,1H3/t15-,16+,17+,20+/m0/s1. The molecule has 7 heteroatoms. The smallest absolute Gasteiger partial charge is 0.232 e. The third-order valence-electron chi connectivity index (χ3n) is 6.76. The first kappa shape index (κ1) is 17.0. The van der Waals surface area contributed by atoms with Gasteiger partial charge in [0.2, 0.25) is 18.5 Å². The van der Waals surface area contributed by atoms with Crippen LogP contribution in [0.4, 0.5) is 0 Å². The maximum absolute atomic E-state index is 5.84. The number of rotatable bonds is 3. The van der Waals surface area contributed by atoms with Gasteiger partial charge in [0.15, 0.2) is 11.5 Å². The molecule has 0 radical (unpaired) electrons. The molecule has 7 nitrogen and oxygen atoms in total. The molecule has 148 valence electrons. The summed E-state index contributed by atoms with van der Waals surface area (Å²) in [5, 5.41) is 4.28. The number of benzene rings is 1. The van der Waals surface area contributed by atoms with Gasteiger partial charge in [-0.2, -0.15) is 4.98 Å². The number of nitrogens with zero attached hydrogens (tertiary/aromatic N) is 4. The van der Waals surface area contributed by atoms with Crippen LogP contribution in [-0.4, -0.2) is 45.9 Å². The molecule has 3 aromatic rings. The molecule has 3 aliphatic heterocycles. The Bertz CT molecular complexity index is 1040. The first-order valence-electron chi connectivity index (χ1n) is 10.1. The SMILES string of the molecule is CN1[C@H]2CC[C@@H]1[C@H](c1nc(-c3ccncc3)no1)[C@@H](c1ccc3c(c1)OCO3)C2. The third-order valence-corrected chi connectivity index (χ3v) is 6.76. The van der Waals surface area contributed by atoms with Crippen molar-refractivity contribution in [3.05, 3.63) is 54.2 Å². The summed E-state index contributed by atoms with van der Waals surface area (Å²) in [6.45, 7) is 0.291. The van der Waals surface area contributed by atoms with Gasteiger partial charge in [0, 0.05) is 30.0 Å². The van der Waals surface area contributed by atoms with Crippen LogP contribution in [0.5, 0.6) is 11.5 Å². The Morgan fingerprint density at radius 3 is 2.79 bits per heavy atom. The first-order valence-corrected chi connectivity index (χ1v) is 10.1. The molecule has 2 aromatic heterocycles. The average Bonchev–Trinajstić information content (AvgIpc) is 3.47. The monoisotopic (exact) mass is 390 g/mol. The van der Waals surface area contributed by atoms with Gasteiger partial charge < -0.3 is 14.0 Å². The highest BCUT2D eigenvalue weighted by Crippen LogP contribution is 2.51. The van der Waals surface area contributed by atoms with Crippen LogP contribution < -0.4 is 9.47 Å². The first-order chi connectivity index (χ1) is 14.3. The van der Waals surface area contributed by atoms with Crippen LogP contribution in [0.1, 0.15) is 42.6 Å². The number of hydrogen-bond donors (Lipinski definition) is 0. The van der Waals surface area contributed by atoms with Crippen molar-refractivity contribution in [2.24, 2.45) is 0 Å². The molecule has 0 unspecified atom stereocenters. The Morgan fingerprint density at radius 1 is 1.03 bits per heavy atom. The third kappa shape index (κ3) is 2.72. The van der Waals surface area contributed by atoms with Gasteiger partial charge in [0.1, 0.15) is 0 Å². The minimum Gasteiger partial charge on any atom is -0.454 e. The van der Waals surface area contributed by atoms with Gasteiger partial charge in [-0.25, -0.2) is 0 Å². The van der Waals surface area contributed by atoms with E-state index in [0.717, 1.165) is 35.8 Å². The largest absolute Gasteiger partial charge is 0.454 e. The normalized spacial score (nSPS) is 28.0. The molecule has 1 aromatic carbocycles. The Labute approximate surface area is 168 Å². The van der Waals surface area contributed by atoms with Gasteiger partial charge in [-0.15, -0.1) is 0 Å². The highest BCUT2D eigenvalue weighted by Gasteiger charge is 2.49. The minimum atomic E-state index is 0.155. The lowest BCUT2D eigenvalue weighted by Gasteiger charge is -2.41. The molecular formula is C22H22N4O3. The number of likely N-dealkylation sites (N-methyl/N-ethyl adjacent to an activating group) is 1. The van der Waals surface area contributed by atoms with Crippen molar-refractivity contribution in [1.29, 1.82) is 0 Å². The molecule has 0 saturated carbocycles. The fourth-order valence-electron chi connectivity index (χ4n) is 5.28. The Kier molecular flexibility index (Phi) is 3.84. The molecule has 2 fully saturated rings. The second-order valence-corrected chi connectivity index (χ2v) is 8.14. The van der Waals surface area contributed by atoms with Crippen molar-refractivity contribution in [3.8, 4) is 22.9 Å². The van der Waals surface area contributed by atoms with Crippen molar-refractivity contribution in [3.63, 3.8) is 0 Å². The lowest BCUT2D eigenvalue weighted by molar-refractivity contribution is 0.119. The highest BCUT2D eigenvalue weighted by molar-refractivity contribution is 5.53. The zero-order chi connectivity index (χ0) is 19.4. The van der Waals surface area contributed by atoms with Crippen LogP contribution in [0.2, 0.25) is 0 Å². The Morgan fingerprint density at radius 2 is 1.90 bits per heavy atom. The van der Waals surface area contributed by atoms with Crippen LogP contribution in [-0.2, 0) is 0 Å². The van der Waals surface area contributed by atoms with Crippen LogP contribution >= 0.6 is 0 Å². The Hall–Kier alpha value is -2.93. The fourth-order valence-corrected chi connectivity index (χ4v) is 5.28. The number of hydrogen-bond acceptors (Lipinski definition) is 7. The summed E-state index contributed by atoms with van der Waals surface area (Å²) in [5.41, 5.74) is 2.18. The summed E-state index contributed by atoms with van der Waals surface area (Å²) in [6, 6.07) is 11.1. The van der Waals surface area contributed by atoms with Crippen molar-refractivity contribution < 1.29 is 14.0 Å². The average molecular weight is 390 g/mol. The van der Waals surface area contributed by atoms with E-state index in [-0.39, 0.29) is 5.92 Å². The molecule has 29 heavy (non-hydrogen) atoms. The van der Waals surface area contributed by atoms with E-state index in [9.17, 15) is 0 Å². The van der Waals surface area contributed by atoms with Crippen molar-refractivity contribution in [2.45, 2.75) is 43.2 Å². The van der Waals surface area contributed by atoms with Crippen molar-refractivity contribution >= 4 is 0 Å². The van der Waals surface area contributed by atoms with E-state index in [0.29, 0.717) is 30.6 Å². The number of fused-ring (bicyclic) bond motifs is 3. The zero-order valence-electron chi connectivity index (χ0n) is 16.2. The summed E-state index contributed by atoms with van der Waals surface area (Å²) in [6.07, 6.45) is 6.93. The van der Waals surface area contributed by atoms with Gasteiger partial charge in [0.05, 0.1) is 5.92 Å². The molecule has 0 N–H and O–H groups in total. The second kappa shape index (κ2) is 6.56. The van der Waals surface area contributed by atoms with E-state index in [1.165, 1.54) is 12.0 Å². The maximum Gasteiger partial charge on any atom is 0.232 e. The summed E-state index contributed by atoms with van der Waals surface area (Å²) < 4.78 is 17.0. The quantitative estimate of drug-likeness (QED) is 0.676. The van der Waals surface area contributed by atoms with E-state index >= 15 is 0 Å². The van der Waals surface area contributed by atoms with Gasteiger partial charge >= 0.3 is 0 Å².